The van der Waals surface area contributed by atoms with Crippen LogP contribution in [0.25, 0.3) is 0 Å². The second-order valence-electron chi connectivity index (χ2n) is 3.71. The number of hydrogen-bond acceptors (Lipinski definition) is 3. The van der Waals surface area contributed by atoms with Gasteiger partial charge in [0.05, 0.1) is 19.1 Å². The standard InChI is InChI=1S/C11H15NO4/c1-8(6-11(14)15)12(2)10(13)7-9-4-3-5-16-9/h3-5,8H,6-7H2,1-2H3,(H,14,15). The van der Waals surface area contributed by atoms with Gasteiger partial charge in [-0.15, -0.1) is 0 Å². The number of hydrogen-bond donors (Lipinski definition) is 1. The zero-order valence-electron chi connectivity index (χ0n) is 9.34. The van der Waals surface area contributed by atoms with E-state index in [1.807, 2.05) is 0 Å². The number of likely N-dealkylation sites (N-methyl/N-ethyl adjacent to an activating group) is 1. The monoisotopic (exact) mass is 225 g/mol. The molecule has 0 aromatic carbocycles. The van der Waals surface area contributed by atoms with E-state index in [-0.39, 0.29) is 24.8 Å². The van der Waals surface area contributed by atoms with Crippen LogP contribution in [-0.2, 0) is 16.0 Å². The number of aliphatic carboxylic acids is 1. The molecule has 5 nitrogen and oxygen atoms in total. The summed E-state index contributed by atoms with van der Waals surface area (Å²) >= 11 is 0. The topological polar surface area (TPSA) is 70.8 Å². The molecule has 5 heteroatoms. The van der Waals surface area contributed by atoms with E-state index in [9.17, 15) is 9.59 Å². The molecule has 0 aliphatic carbocycles. The average Bonchev–Trinajstić information content (AvgIpc) is 2.68. The van der Waals surface area contributed by atoms with Gasteiger partial charge in [-0.05, 0) is 19.1 Å². The van der Waals surface area contributed by atoms with Crippen LogP contribution in [0.5, 0.6) is 0 Å². The molecule has 0 saturated carbocycles. The number of furan rings is 1. The molecular weight excluding hydrogens is 210 g/mol. The summed E-state index contributed by atoms with van der Waals surface area (Å²) in [7, 11) is 1.60. The van der Waals surface area contributed by atoms with Gasteiger partial charge in [0.25, 0.3) is 0 Å². The third-order valence-corrected chi connectivity index (χ3v) is 2.43. The molecule has 0 aliphatic rings. The highest BCUT2D eigenvalue weighted by Gasteiger charge is 2.19. The van der Waals surface area contributed by atoms with Crippen molar-refractivity contribution in [2.75, 3.05) is 7.05 Å². The Kier molecular flexibility index (Phi) is 4.10. The number of carbonyl (C=O) groups is 2. The van der Waals surface area contributed by atoms with Crippen molar-refractivity contribution in [2.24, 2.45) is 0 Å². The van der Waals surface area contributed by atoms with Gasteiger partial charge in [-0.2, -0.15) is 0 Å². The maximum Gasteiger partial charge on any atom is 0.305 e. The van der Waals surface area contributed by atoms with Crippen molar-refractivity contribution in [3.63, 3.8) is 0 Å². The molecular formula is C11H15NO4. The van der Waals surface area contributed by atoms with Gasteiger partial charge in [-0.3, -0.25) is 9.59 Å². The highest BCUT2D eigenvalue weighted by atomic mass is 16.4. The Morgan fingerprint density at radius 2 is 2.25 bits per heavy atom. The van der Waals surface area contributed by atoms with Crippen LogP contribution in [0.15, 0.2) is 22.8 Å². The molecule has 1 rings (SSSR count). The van der Waals surface area contributed by atoms with Gasteiger partial charge >= 0.3 is 5.97 Å². The summed E-state index contributed by atoms with van der Waals surface area (Å²) < 4.78 is 5.05. The lowest BCUT2D eigenvalue weighted by atomic mass is 10.2. The number of rotatable bonds is 5. The number of carbonyl (C=O) groups excluding carboxylic acids is 1. The van der Waals surface area contributed by atoms with Crippen LogP contribution in [-0.4, -0.2) is 35.0 Å². The predicted octanol–water partition coefficient (Wildman–Crippen LogP) is 1.14. The Labute approximate surface area is 93.7 Å². The fourth-order valence-corrected chi connectivity index (χ4v) is 1.32. The van der Waals surface area contributed by atoms with Gasteiger partial charge in [0.1, 0.15) is 5.76 Å². The van der Waals surface area contributed by atoms with E-state index in [0.29, 0.717) is 5.76 Å². The summed E-state index contributed by atoms with van der Waals surface area (Å²) in [4.78, 5) is 23.6. The number of nitrogens with zero attached hydrogens (tertiary/aromatic N) is 1. The van der Waals surface area contributed by atoms with Crippen LogP contribution in [0.2, 0.25) is 0 Å². The third-order valence-electron chi connectivity index (χ3n) is 2.43. The van der Waals surface area contributed by atoms with Gasteiger partial charge < -0.3 is 14.4 Å². The molecule has 0 saturated heterocycles. The molecule has 0 fully saturated rings. The highest BCUT2D eigenvalue weighted by molar-refractivity contribution is 5.79. The lowest BCUT2D eigenvalue weighted by Crippen LogP contribution is -2.37. The number of carboxylic acids is 1. The van der Waals surface area contributed by atoms with E-state index in [2.05, 4.69) is 0 Å². The Morgan fingerprint density at radius 1 is 1.56 bits per heavy atom. The van der Waals surface area contributed by atoms with Gasteiger partial charge in [-0.25, -0.2) is 0 Å². The molecule has 0 aliphatic heterocycles. The lowest BCUT2D eigenvalue weighted by molar-refractivity contribution is -0.139. The summed E-state index contributed by atoms with van der Waals surface area (Å²) in [6.45, 7) is 1.70. The van der Waals surface area contributed by atoms with E-state index in [1.165, 1.54) is 11.2 Å². The first-order chi connectivity index (χ1) is 7.50. The maximum atomic E-state index is 11.7. The number of carboxylic acid groups (broad SMARTS) is 1. The van der Waals surface area contributed by atoms with Crippen molar-refractivity contribution < 1.29 is 19.1 Å². The first-order valence-electron chi connectivity index (χ1n) is 5.00. The van der Waals surface area contributed by atoms with Gasteiger partial charge in [0.2, 0.25) is 5.91 Å². The van der Waals surface area contributed by atoms with Crippen molar-refractivity contribution in [3.8, 4) is 0 Å². The first kappa shape index (κ1) is 12.3. The second-order valence-corrected chi connectivity index (χ2v) is 3.71. The molecule has 1 N–H and O–H groups in total. The molecule has 1 amide bonds. The summed E-state index contributed by atoms with van der Waals surface area (Å²) in [6, 6.07) is 3.11. The van der Waals surface area contributed by atoms with E-state index in [1.54, 1.807) is 26.1 Å². The molecule has 1 aromatic heterocycles. The fourth-order valence-electron chi connectivity index (χ4n) is 1.32. The largest absolute Gasteiger partial charge is 0.481 e. The maximum absolute atomic E-state index is 11.7. The Hall–Kier alpha value is -1.78. The van der Waals surface area contributed by atoms with Crippen LogP contribution < -0.4 is 0 Å². The van der Waals surface area contributed by atoms with E-state index < -0.39 is 5.97 Å². The molecule has 0 radical (unpaired) electrons. The van der Waals surface area contributed by atoms with Crippen LogP contribution in [0.1, 0.15) is 19.1 Å². The smallest absolute Gasteiger partial charge is 0.305 e. The Bertz CT molecular complexity index is 358. The normalized spacial score (nSPS) is 12.1. The fraction of sp³-hybridized carbons (Fsp3) is 0.455. The number of amides is 1. The van der Waals surface area contributed by atoms with Gasteiger partial charge in [0, 0.05) is 13.1 Å². The zero-order chi connectivity index (χ0) is 12.1. The predicted molar refractivity (Wildman–Crippen MR) is 56.9 cm³/mol. The molecule has 16 heavy (non-hydrogen) atoms. The van der Waals surface area contributed by atoms with Crippen molar-refractivity contribution in [3.05, 3.63) is 24.2 Å². The summed E-state index contributed by atoms with van der Waals surface area (Å²) in [5.41, 5.74) is 0. The van der Waals surface area contributed by atoms with Crippen LogP contribution >= 0.6 is 0 Å². The van der Waals surface area contributed by atoms with E-state index in [4.69, 9.17) is 9.52 Å². The minimum atomic E-state index is -0.912. The molecule has 0 spiro atoms. The van der Waals surface area contributed by atoms with Gasteiger partial charge in [-0.1, -0.05) is 0 Å². The van der Waals surface area contributed by atoms with Crippen molar-refractivity contribution >= 4 is 11.9 Å². The van der Waals surface area contributed by atoms with Gasteiger partial charge in [0.15, 0.2) is 0 Å². The molecule has 1 aromatic rings. The van der Waals surface area contributed by atoms with Crippen LogP contribution in [0.3, 0.4) is 0 Å². The molecule has 88 valence electrons. The summed E-state index contributed by atoms with van der Waals surface area (Å²) in [5, 5.41) is 8.61. The molecule has 1 atom stereocenters. The quantitative estimate of drug-likeness (QED) is 0.815. The minimum Gasteiger partial charge on any atom is -0.481 e. The highest BCUT2D eigenvalue weighted by Crippen LogP contribution is 2.07. The van der Waals surface area contributed by atoms with Crippen LogP contribution in [0.4, 0.5) is 0 Å². The van der Waals surface area contributed by atoms with E-state index >= 15 is 0 Å². The minimum absolute atomic E-state index is 0.0552. The van der Waals surface area contributed by atoms with Crippen molar-refractivity contribution in [2.45, 2.75) is 25.8 Å². The molecule has 1 heterocycles. The zero-order valence-corrected chi connectivity index (χ0v) is 9.34. The van der Waals surface area contributed by atoms with Crippen LogP contribution in [0, 0.1) is 0 Å². The van der Waals surface area contributed by atoms with Crippen molar-refractivity contribution in [1.82, 2.24) is 4.90 Å². The third kappa shape index (κ3) is 3.42. The Morgan fingerprint density at radius 3 is 2.75 bits per heavy atom. The lowest BCUT2D eigenvalue weighted by Gasteiger charge is -2.23. The Balaban J connectivity index is 2.50. The first-order valence-corrected chi connectivity index (χ1v) is 5.00. The SMILES string of the molecule is CC(CC(=O)O)N(C)C(=O)Cc1ccco1. The average molecular weight is 225 g/mol. The summed E-state index contributed by atoms with van der Waals surface area (Å²) in [5.74, 6) is -0.478. The molecule has 0 bridgehead atoms. The molecule has 1 unspecified atom stereocenters. The van der Waals surface area contributed by atoms with E-state index in [0.717, 1.165) is 0 Å². The second kappa shape index (κ2) is 5.34. The summed E-state index contributed by atoms with van der Waals surface area (Å²) in [6.07, 6.45) is 1.61. The van der Waals surface area contributed by atoms with Crippen molar-refractivity contribution in [1.29, 1.82) is 0 Å².